The number of aryl methyl sites for hydroxylation is 1. The first kappa shape index (κ1) is 19.4. The lowest BCUT2D eigenvalue weighted by molar-refractivity contribution is -0.117. The van der Waals surface area contributed by atoms with Gasteiger partial charge < -0.3 is 5.32 Å². The van der Waals surface area contributed by atoms with Crippen LogP contribution in [-0.2, 0) is 14.8 Å². The molecular formula is C18H21ClN2O3S2. The van der Waals surface area contributed by atoms with Crippen molar-refractivity contribution >= 4 is 44.6 Å². The average molecular weight is 413 g/mol. The third-order valence-electron chi connectivity index (χ3n) is 4.53. The predicted molar refractivity (Wildman–Crippen MR) is 105 cm³/mol. The van der Waals surface area contributed by atoms with Crippen molar-refractivity contribution < 1.29 is 13.2 Å². The number of carbonyl (C=O) groups excluding carboxylic acids is 1. The van der Waals surface area contributed by atoms with Crippen molar-refractivity contribution in [3.63, 3.8) is 0 Å². The van der Waals surface area contributed by atoms with Crippen LogP contribution in [0, 0.1) is 12.8 Å². The number of rotatable bonds is 5. The summed E-state index contributed by atoms with van der Waals surface area (Å²) in [4.78, 5) is 12.2. The van der Waals surface area contributed by atoms with Crippen LogP contribution in [0.5, 0.6) is 0 Å². The van der Waals surface area contributed by atoms with Gasteiger partial charge in [-0.25, -0.2) is 8.42 Å². The molecule has 1 N–H and O–H groups in total. The Bertz CT molecular complexity index is 870. The molecule has 1 aromatic heterocycles. The van der Waals surface area contributed by atoms with Gasteiger partial charge in [-0.1, -0.05) is 29.3 Å². The second-order valence-electron chi connectivity index (χ2n) is 6.52. The molecular weight excluding hydrogens is 392 g/mol. The van der Waals surface area contributed by atoms with Crippen LogP contribution in [0.25, 0.3) is 0 Å². The summed E-state index contributed by atoms with van der Waals surface area (Å²) in [6.45, 7) is 2.86. The van der Waals surface area contributed by atoms with E-state index in [1.165, 1.54) is 4.31 Å². The summed E-state index contributed by atoms with van der Waals surface area (Å²) in [5.41, 5.74) is 1.93. The summed E-state index contributed by atoms with van der Waals surface area (Å²) in [6, 6.07) is 10.8. The van der Waals surface area contributed by atoms with Crippen molar-refractivity contribution in [2.45, 2.75) is 30.4 Å². The lowest BCUT2D eigenvalue weighted by Crippen LogP contribution is -2.38. The van der Waals surface area contributed by atoms with Crippen molar-refractivity contribution in [1.82, 2.24) is 4.31 Å². The SMILES string of the molecule is Cc1ccc(NC(=O)CC2CCN(S(=O)(=O)c3ccc(Cl)s3)CC2)cc1. The lowest BCUT2D eigenvalue weighted by atomic mass is 9.94. The first-order valence-corrected chi connectivity index (χ1v) is 11.1. The van der Waals surface area contributed by atoms with Crippen LogP contribution in [0.2, 0.25) is 4.34 Å². The van der Waals surface area contributed by atoms with Crippen molar-refractivity contribution in [2.75, 3.05) is 18.4 Å². The first-order chi connectivity index (χ1) is 12.3. The Morgan fingerprint density at radius 1 is 1.19 bits per heavy atom. The molecule has 3 rings (SSSR count). The number of benzene rings is 1. The van der Waals surface area contributed by atoms with Crippen LogP contribution in [0.1, 0.15) is 24.8 Å². The normalized spacial score (nSPS) is 16.5. The fraction of sp³-hybridized carbons (Fsp3) is 0.389. The molecule has 1 amide bonds. The van der Waals surface area contributed by atoms with E-state index in [2.05, 4.69) is 5.32 Å². The number of anilines is 1. The molecule has 1 aromatic carbocycles. The summed E-state index contributed by atoms with van der Waals surface area (Å²) in [5.74, 6) is 0.166. The highest BCUT2D eigenvalue weighted by atomic mass is 35.5. The minimum absolute atomic E-state index is 0.0276. The van der Waals surface area contributed by atoms with Crippen LogP contribution in [0.15, 0.2) is 40.6 Å². The molecule has 140 valence electrons. The second-order valence-corrected chi connectivity index (χ2v) is 10.4. The van der Waals surface area contributed by atoms with Crippen LogP contribution in [-0.4, -0.2) is 31.7 Å². The number of nitrogens with one attached hydrogen (secondary N) is 1. The molecule has 0 unspecified atom stereocenters. The number of halogens is 1. The van der Waals surface area contributed by atoms with Gasteiger partial charge in [-0.3, -0.25) is 4.79 Å². The number of hydrogen-bond acceptors (Lipinski definition) is 4. The van der Waals surface area contributed by atoms with Gasteiger partial charge in [0.1, 0.15) is 4.21 Å². The van der Waals surface area contributed by atoms with E-state index in [1.54, 1.807) is 12.1 Å². The van der Waals surface area contributed by atoms with Gasteiger partial charge in [-0.15, -0.1) is 11.3 Å². The molecule has 26 heavy (non-hydrogen) atoms. The van der Waals surface area contributed by atoms with Crippen LogP contribution >= 0.6 is 22.9 Å². The molecule has 2 aromatic rings. The van der Waals surface area contributed by atoms with E-state index in [0.717, 1.165) is 22.6 Å². The fourth-order valence-electron chi connectivity index (χ4n) is 3.03. The Hall–Kier alpha value is -1.41. The van der Waals surface area contributed by atoms with Gasteiger partial charge in [0.15, 0.2) is 0 Å². The molecule has 5 nitrogen and oxygen atoms in total. The standard InChI is InChI=1S/C18H21ClN2O3S2/c1-13-2-4-15(5-3-13)20-17(22)12-14-8-10-21(11-9-14)26(23,24)18-7-6-16(19)25-18/h2-7,14H,8-12H2,1H3,(H,20,22). The maximum atomic E-state index is 12.6. The maximum absolute atomic E-state index is 12.6. The molecule has 0 spiro atoms. The number of amides is 1. The third-order valence-corrected chi connectivity index (χ3v) is 8.12. The zero-order chi connectivity index (χ0) is 18.7. The zero-order valence-electron chi connectivity index (χ0n) is 14.4. The van der Waals surface area contributed by atoms with E-state index in [0.29, 0.717) is 36.7 Å². The van der Waals surface area contributed by atoms with Gasteiger partial charge >= 0.3 is 0 Å². The molecule has 1 fully saturated rings. The first-order valence-electron chi connectivity index (χ1n) is 8.46. The Balaban J connectivity index is 1.52. The van der Waals surface area contributed by atoms with Crippen LogP contribution in [0.4, 0.5) is 5.69 Å². The summed E-state index contributed by atoms with van der Waals surface area (Å²) < 4.78 is 27.4. The highest BCUT2D eigenvalue weighted by Gasteiger charge is 2.31. The number of thiophene rings is 1. The van der Waals surface area contributed by atoms with E-state index < -0.39 is 10.0 Å². The molecule has 1 aliphatic heterocycles. The summed E-state index contributed by atoms with van der Waals surface area (Å²) in [6.07, 6.45) is 1.77. The zero-order valence-corrected chi connectivity index (χ0v) is 16.8. The number of carbonyl (C=O) groups is 1. The van der Waals surface area contributed by atoms with E-state index in [-0.39, 0.29) is 16.0 Å². The van der Waals surface area contributed by atoms with E-state index >= 15 is 0 Å². The van der Waals surface area contributed by atoms with E-state index in [9.17, 15) is 13.2 Å². The van der Waals surface area contributed by atoms with Crippen molar-refractivity contribution in [2.24, 2.45) is 5.92 Å². The summed E-state index contributed by atoms with van der Waals surface area (Å²) in [5, 5.41) is 2.90. The lowest BCUT2D eigenvalue weighted by Gasteiger charge is -2.30. The van der Waals surface area contributed by atoms with Gasteiger partial charge in [0.05, 0.1) is 4.34 Å². The minimum atomic E-state index is -3.48. The fourth-order valence-corrected chi connectivity index (χ4v) is 6.14. The van der Waals surface area contributed by atoms with Gasteiger partial charge in [0.25, 0.3) is 10.0 Å². The quantitative estimate of drug-likeness (QED) is 0.802. The molecule has 8 heteroatoms. The average Bonchev–Trinajstić information content (AvgIpc) is 3.05. The van der Waals surface area contributed by atoms with E-state index in [1.807, 2.05) is 31.2 Å². The predicted octanol–water partition coefficient (Wildman–Crippen LogP) is 4.14. The molecule has 0 saturated carbocycles. The Morgan fingerprint density at radius 3 is 2.42 bits per heavy atom. The Morgan fingerprint density at radius 2 is 1.85 bits per heavy atom. The van der Waals surface area contributed by atoms with E-state index in [4.69, 9.17) is 11.6 Å². The van der Waals surface area contributed by atoms with Crippen molar-refractivity contribution in [3.8, 4) is 0 Å². The largest absolute Gasteiger partial charge is 0.326 e. The number of hydrogen-bond donors (Lipinski definition) is 1. The van der Waals surface area contributed by atoms with Crippen LogP contribution in [0.3, 0.4) is 0 Å². The van der Waals surface area contributed by atoms with Crippen molar-refractivity contribution in [1.29, 1.82) is 0 Å². The highest BCUT2D eigenvalue weighted by molar-refractivity contribution is 7.91. The van der Waals surface area contributed by atoms with Gasteiger partial charge in [0, 0.05) is 25.2 Å². The maximum Gasteiger partial charge on any atom is 0.252 e. The summed E-state index contributed by atoms with van der Waals surface area (Å²) >= 11 is 6.93. The molecule has 1 saturated heterocycles. The minimum Gasteiger partial charge on any atom is -0.326 e. The smallest absolute Gasteiger partial charge is 0.252 e. The number of nitrogens with zero attached hydrogens (tertiary/aromatic N) is 1. The Kier molecular flexibility index (Phi) is 6.02. The topological polar surface area (TPSA) is 66.5 Å². The van der Waals surface area contributed by atoms with Gasteiger partial charge in [-0.05, 0) is 49.9 Å². The molecule has 0 atom stereocenters. The number of sulfonamides is 1. The molecule has 0 aliphatic carbocycles. The second kappa shape index (κ2) is 8.08. The van der Waals surface area contributed by atoms with Gasteiger partial charge in [0.2, 0.25) is 5.91 Å². The van der Waals surface area contributed by atoms with Crippen molar-refractivity contribution in [3.05, 3.63) is 46.3 Å². The van der Waals surface area contributed by atoms with Crippen LogP contribution < -0.4 is 5.32 Å². The van der Waals surface area contributed by atoms with Gasteiger partial charge in [-0.2, -0.15) is 4.31 Å². The molecule has 0 radical (unpaired) electrons. The Labute approximate surface area is 163 Å². The molecule has 2 heterocycles. The summed E-state index contributed by atoms with van der Waals surface area (Å²) in [7, 11) is -3.48. The highest BCUT2D eigenvalue weighted by Crippen LogP contribution is 2.31. The third kappa shape index (κ3) is 4.65. The number of piperidine rings is 1. The molecule has 1 aliphatic rings. The molecule has 0 bridgehead atoms. The monoisotopic (exact) mass is 412 g/mol.